The molecule has 39 heavy (non-hydrogen) atoms. The zero-order chi connectivity index (χ0) is 29.3. The molecule has 18 nitrogen and oxygen atoms in total. The summed E-state index contributed by atoms with van der Waals surface area (Å²) in [4.78, 5) is 55.2. The van der Waals surface area contributed by atoms with Crippen LogP contribution in [0.5, 0.6) is 5.88 Å². The van der Waals surface area contributed by atoms with Crippen LogP contribution >= 0.6 is 12.6 Å². The van der Waals surface area contributed by atoms with Crippen molar-refractivity contribution in [2.75, 3.05) is 18.9 Å². The second kappa shape index (κ2) is 14.5. The number of amides is 2. The molecule has 0 aromatic carbocycles. The van der Waals surface area contributed by atoms with Crippen LogP contribution in [0.1, 0.15) is 19.1 Å². The maximum Gasteiger partial charge on any atom is 0.322 e. The molecular formula is C20H29N7O11S. The number of aliphatic hydroxyl groups is 3. The minimum Gasteiger partial charge on any atom is -0.492 e. The van der Waals surface area contributed by atoms with Crippen LogP contribution in [0.2, 0.25) is 0 Å². The first-order chi connectivity index (χ1) is 18.4. The van der Waals surface area contributed by atoms with Crippen LogP contribution < -0.4 is 16.4 Å². The van der Waals surface area contributed by atoms with E-state index in [2.05, 4.69) is 38.2 Å². The fraction of sp³-hybridized carbons (Fsp3) is 0.550. The SMILES string of the molecule is N[C@@H](CCC(=O)N[C@@H](CS)C(=O)NCC(=O)O)C(=O)O.OC[C@H]1O[C@@H](n2cnc3c(O)ncnc32)[C@H](O)[C@@H]1O. The molecular weight excluding hydrogens is 546 g/mol. The Hall–Kier alpha value is -3.62. The van der Waals surface area contributed by atoms with E-state index in [0.717, 1.165) is 6.33 Å². The average Bonchev–Trinajstić information content (AvgIpc) is 3.45. The van der Waals surface area contributed by atoms with E-state index < -0.39 is 73.5 Å². The third-order valence-corrected chi connectivity index (χ3v) is 5.74. The molecule has 2 amide bonds. The van der Waals surface area contributed by atoms with E-state index in [-0.39, 0.29) is 35.6 Å². The molecule has 1 aliphatic heterocycles. The summed E-state index contributed by atoms with van der Waals surface area (Å²) in [6.07, 6.45) is -2.02. The van der Waals surface area contributed by atoms with Crippen LogP contribution in [0.4, 0.5) is 0 Å². The van der Waals surface area contributed by atoms with Gasteiger partial charge in [-0.15, -0.1) is 0 Å². The maximum atomic E-state index is 11.5. The normalized spacial score (nSPS) is 21.9. The van der Waals surface area contributed by atoms with Gasteiger partial charge in [0.1, 0.15) is 43.3 Å². The maximum absolute atomic E-state index is 11.5. The van der Waals surface area contributed by atoms with E-state index in [9.17, 15) is 34.5 Å². The van der Waals surface area contributed by atoms with Crippen molar-refractivity contribution in [2.45, 2.75) is 49.5 Å². The van der Waals surface area contributed by atoms with Crippen molar-refractivity contribution in [3.05, 3.63) is 12.7 Å². The molecule has 0 bridgehead atoms. The summed E-state index contributed by atoms with van der Waals surface area (Å²) in [7, 11) is 0. The Morgan fingerprint density at radius 2 is 1.85 bits per heavy atom. The number of nitrogens with one attached hydrogen (secondary N) is 2. The molecule has 3 heterocycles. The van der Waals surface area contributed by atoms with Crippen LogP contribution in [0.15, 0.2) is 12.7 Å². The lowest BCUT2D eigenvalue weighted by molar-refractivity contribution is -0.139. The van der Waals surface area contributed by atoms with Crippen molar-refractivity contribution >= 4 is 47.5 Å². The number of rotatable bonds is 11. The van der Waals surface area contributed by atoms with Crippen molar-refractivity contribution in [1.82, 2.24) is 30.2 Å². The van der Waals surface area contributed by atoms with E-state index in [1.165, 1.54) is 10.9 Å². The average molecular weight is 576 g/mol. The number of nitrogens with zero attached hydrogens (tertiary/aromatic N) is 4. The Balaban J connectivity index is 0.000000273. The van der Waals surface area contributed by atoms with E-state index in [4.69, 9.17) is 25.8 Å². The predicted octanol–water partition coefficient (Wildman–Crippen LogP) is -4.06. The number of fused-ring (bicyclic) bond motifs is 1. The highest BCUT2D eigenvalue weighted by Crippen LogP contribution is 2.32. The zero-order valence-electron chi connectivity index (χ0n) is 20.2. The first kappa shape index (κ1) is 31.6. The summed E-state index contributed by atoms with van der Waals surface area (Å²) in [6, 6.07) is -2.15. The summed E-state index contributed by atoms with van der Waals surface area (Å²) in [5.41, 5.74) is 5.66. The predicted molar refractivity (Wildman–Crippen MR) is 131 cm³/mol. The molecule has 0 radical (unpaired) electrons. The number of aromatic nitrogens is 4. The number of aliphatic hydroxyl groups excluding tert-OH is 3. The first-order valence-corrected chi connectivity index (χ1v) is 11.9. The Labute approximate surface area is 225 Å². The molecule has 10 N–H and O–H groups in total. The van der Waals surface area contributed by atoms with Crippen LogP contribution in [0, 0.1) is 0 Å². The van der Waals surface area contributed by atoms with Gasteiger partial charge in [0, 0.05) is 12.2 Å². The van der Waals surface area contributed by atoms with Crippen LogP contribution in [-0.4, -0.2) is 123 Å². The smallest absolute Gasteiger partial charge is 0.322 e. The Kier molecular flexibility index (Phi) is 11.8. The molecule has 0 unspecified atom stereocenters. The molecule has 1 saturated heterocycles. The van der Waals surface area contributed by atoms with Gasteiger partial charge in [-0.3, -0.25) is 23.7 Å². The van der Waals surface area contributed by atoms with Gasteiger partial charge in [-0.2, -0.15) is 17.6 Å². The lowest BCUT2D eigenvalue weighted by Gasteiger charge is -2.16. The summed E-state index contributed by atoms with van der Waals surface area (Å²) in [5.74, 6) is -3.99. The molecule has 1 aliphatic rings. The van der Waals surface area contributed by atoms with E-state index >= 15 is 0 Å². The quantitative estimate of drug-likeness (QED) is 0.114. The molecule has 0 saturated carbocycles. The summed E-state index contributed by atoms with van der Waals surface area (Å²) >= 11 is 3.87. The number of carboxylic acid groups (broad SMARTS) is 2. The standard InChI is InChI=1S/C10H12N4O5.C10H17N3O6S/c15-1-4-6(16)7(17)10(19-4)14-3-13-5-8(14)11-2-12-9(5)18;11-5(10(18)19)1-2-7(14)13-6(4-20)9(17)12-3-8(15)16/h2-4,6-7,10,15-17H,1H2,(H,11,12,18);5-6,20H,1-4,11H2,(H,12,17)(H,13,14)(H,15,16)(H,18,19)/t4-,6-,7-,10-;5-,6-/m10/s1. The molecule has 0 spiro atoms. The minimum absolute atomic E-state index is 0.0256. The highest BCUT2D eigenvalue weighted by atomic mass is 32.1. The number of imidazole rings is 1. The third kappa shape index (κ3) is 8.43. The van der Waals surface area contributed by atoms with Crippen LogP contribution in [-0.2, 0) is 23.9 Å². The van der Waals surface area contributed by atoms with Crippen molar-refractivity contribution < 1.29 is 54.6 Å². The molecule has 3 rings (SSSR count). The number of thiol groups is 1. The number of hydrogen-bond donors (Lipinski definition) is 10. The largest absolute Gasteiger partial charge is 0.492 e. The van der Waals surface area contributed by atoms with Crippen molar-refractivity contribution in [3.63, 3.8) is 0 Å². The lowest BCUT2D eigenvalue weighted by Crippen LogP contribution is -2.49. The number of nitrogens with two attached hydrogens (primary N) is 1. The monoisotopic (exact) mass is 575 g/mol. The molecule has 216 valence electrons. The van der Waals surface area contributed by atoms with E-state index in [1.807, 2.05) is 0 Å². The third-order valence-electron chi connectivity index (χ3n) is 5.38. The van der Waals surface area contributed by atoms with Gasteiger partial charge < -0.3 is 51.7 Å². The number of carbonyl (C=O) groups is 4. The minimum atomic E-state index is -1.23. The van der Waals surface area contributed by atoms with Crippen LogP contribution in [0.3, 0.4) is 0 Å². The molecule has 0 aliphatic carbocycles. The highest BCUT2D eigenvalue weighted by Gasteiger charge is 2.44. The van der Waals surface area contributed by atoms with E-state index in [0.29, 0.717) is 0 Å². The van der Waals surface area contributed by atoms with Gasteiger partial charge in [0.2, 0.25) is 17.7 Å². The second-order valence-corrected chi connectivity index (χ2v) is 8.51. The highest BCUT2D eigenvalue weighted by molar-refractivity contribution is 7.80. The summed E-state index contributed by atoms with van der Waals surface area (Å²) in [5, 5.41) is 59.6. The Morgan fingerprint density at radius 1 is 1.15 bits per heavy atom. The van der Waals surface area contributed by atoms with Gasteiger partial charge in [0.05, 0.1) is 12.9 Å². The molecule has 19 heteroatoms. The first-order valence-electron chi connectivity index (χ1n) is 11.3. The van der Waals surface area contributed by atoms with Gasteiger partial charge in [-0.25, -0.2) is 9.97 Å². The second-order valence-electron chi connectivity index (χ2n) is 8.15. The molecule has 2 aromatic heterocycles. The summed E-state index contributed by atoms with van der Waals surface area (Å²) < 4.78 is 6.73. The van der Waals surface area contributed by atoms with Gasteiger partial charge in [-0.05, 0) is 6.42 Å². The Bertz CT molecular complexity index is 1170. The van der Waals surface area contributed by atoms with Gasteiger partial charge in [0.25, 0.3) is 0 Å². The number of ether oxygens (including phenoxy) is 1. The molecule has 1 fully saturated rings. The molecule has 6 atom stereocenters. The lowest BCUT2D eigenvalue weighted by atomic mass is 10.1. The van der Waals surface area contributed by atoms with Gasteiger partial charge >= 0.3 is 11.9 Å². The Morgan fingerprint density at radius 3 is 2.41 bits per heavy atom. The summed E-state index contributed by atoms with van der Waals surface area (Å²) in [6.45, 7) is -0.982. The number of hydrogen-bond acceptors (Lipinski definition) is 14. The number of aromatic hydroxyl groups is 1. The van der Waals surface area contributed by atoms with E-state index in [1.54, 1.807) is 0 Å². The zero-order valence-corrected chi connectivity index (χ0v) is 21.1. The molecule has 2 aromatic rings. The number of carbonyl (C=O) groups excluding carboxylic acids is 2. The van der Waals surface area contributed by atoms with Crippen molar-refractivity contribution in [1.29, 1.82) is 0 Å². The van der Waals surface area contributed by atoms with Crippen molar-refractivity contribution in [3.8, 4) is 5.88 Å². The number of carboxylic acids is 2. The van der Waals surface area contributed by atoms with Gasteiger partial charge in [-0.1, -0.05) is 0 Å². The van der Waals surface area contributed by atoms with Crippen LogP contribution in [0.25, 0.3) is 11.2 Å². The topological polar surface area (TPSA) is 293 Å². The number of aliphatic carboxylic acids is 2. The van der Waals surface area contributed by atoms with Gasteiger partial charge in [0.15, 0.2) is 17.4 Å². The fourth-order valence-corrected chi connectivity index (χ4v) is 3.55. The van der Waals surface area contributed by atoms with Crippen molar-refractivity contribution in [2.24, 2.45) is 5.73 Å². The fourth-order valence-electron chi connectivity index (χ4n) is 3.29.